The van der Waals surface area contributed by atoms with E-state index in [-0.39, 0.29) is 5.91 Å². The van der Waals surface area contributed by atoms with Crippen LogP contribution in [0.15, 0.2) is 48.5 Å². The second kappa shape index (κ2) is 9.45. The van der Waals surface area contributed by atoms with Gasteiger partial charge < -0.3 is 14.4 Å². The predicted molar refractivity (Wildman–Crippen MR) is 113 cm³/mol. The normalized spacial score (nSPS) is 15.0. The quantitative estimate of drug-likeness (QED) is 0.673. The first-order chi connectivity index (χ1) is 13.6. The molecular formula is C24H29NO3. The first kappa shape index (κ1) is 20.0. The third-order valence-electron chi connectivity index (χ3n) is 5.35. The zero-order valence-corrected chi connectivity index (χ0v) is 17.0. The molecule has 4 nitrogen and oxygen atoms in total. The molecule has 0 unspecified atom stereocenters. The van der Waals surface area contributed by atoms with Crippen LogP contribution in [0, 0.1) is 12.8 Å². The number of amides is 1. The van der Waals surface area contributed by atoms with Gasteiger partial charge >= 0.3 is 0 Å². The van der Waals surface area contributed by atoms with E-state index < -0.39 is 0 Å². The minimum absolute atomic E-state index is 0.0748. The molecule has 2 aromatic carbocycles. The zero-order valence-electron chi connectivity index (χ0n) is 17.0. The number of nitrogens with zero attached hydrogens (tertiary/aromatic N) is 1. The van der Waals surface area contributed by atoms with E-state index in [1.54, 1.807) is 13.2 Å². The molecule has 148 valence electrons. The molecule has 28 heavy (non-hydrogen) atoms. The Morgan fingerprint density at radius 2 is 1.89 bits per heavy atom. The van der Waals surface area contributed by atoms with Gasteiger partial charge in [0.15, 0.2) is 11.5 Å². The molecule has 0 saturated carbocycles. The number of aryl methyl sites for hydroxylation is 1. The second-order valence-electron chi connectivity index (χ2n) is 7.47. The lowest BCUT2D eigenvalue weighted by Crippen LogP contribution is -2.36. The first-order valence-electron chi connectivity index (χ1n) is 9.89. The monoisotopic (exact) mass is 379 g/mol. The molecule has 1 fully saturated rings. The van der Waals surface area contributed by atoms with Crippen LogP contribution in [0.3, 0.4) is 0 Å². The Bertz CT molecular complexity index is 835. The van der Waals surface area contributed by atoms with Crippen LogP contribution in [0.25, 0.3) is 6.08 Å². The van der Waals surface area contributed by atoms with E-state index in [2.05, 4.69) is 26.0 Å². The zero-order chi connectivity index (χ0) is 19.9. The van der Waals surface area contributed by atoms with Crippen LogP contribution in [0.2, 0.25) is 0 Å². The van der Waals surface area contributed by atoms with Gasteiger partial charge in [-0.15, -0.1) is 0 Å². The van der Waals surface area contributed by atoms with Gasteiger partial charge in [-0.05, 0) is 60.6 Å². The molecule has 4 heteroatoms. The molecule has 0 bridgehead atoms. The van der Waals surface area contributed by atoms with E-state index in [0.717, 1.165) is 37.1 Å². The lowest BCUT2D eigenvalue weighted by atomic mass is 9.99. The minimum Gasteiger partial charge on any atom is -0.493 e. The van der Waals surface area contributed by atoms with Gasteiger partial charge in [-0.25, -0.2) is 0 Å². The average molecular weight is 380 g/mol. The largest absolute Gasteiger partial charge is 0.493 e. The second-order valence-corrected chi connectivity index (χ2v) is 7.47. The first-order valence-corrected chi connectivity index (χ1v) is 9.89. The number of methoxy groups -OCH3 is 1. The summed E-state index contributed by atoms with van der Waals surface area (Å²) in [4.78, 5) is 14.3. The van der Waals surface area contributed by atoms with Gasteiger partial charge in [0.1, 0.15) is 6.61 Å². The summed E-state index contributed by atoms with van der Waals surface area (Å²) in [5, 5.41) is 0. The Labute approximate surface area is 167 Å². The Balaban J connectivity index is 1.64. The number of hydrogen-bond donors (Lipinski definition) is 0. The van der Waals surface area contributed by atoms with Gasteiger partial charge in [0, 0.05) is 19.2 Å². The summed E-state index contributed by atoms with van der Waals surface area (Å²) in [6.07, 6.45) is 5.66. The van der Waals surface area contributed by atoms with Crippen molar-refractivity contribution < 1.29 is 14.3 Å². The highest BCUT2D eigenvalue weighted by atomic mass is 16.5. The standard InChI is InChI=1S/C24H29NO3/c1-18-12-14-25(15-13-18)24(26)11-9-20-8-10-22(23(16-20)27-3)28-17-21-7-5-4-6-19(21)2/h4-11,16,18H,12-15,17H2,1-3H3/b11-9+. The number of likely N-dealkylation sites (tertiary alicyclic amines) is 1. The highest BCUT2D eigenvalue weighted by Crippen LogP contribution is 2.29. The van der Waals surface area contributed by atoms with Crippen molar-refractivity contribution in [3.8, 4) is 11.5 Å². The molecule has 1 heterocycles. The van der Waals surface area contributed by atoms with Crippen LogP contribution in [-0.2, 0) is 11.4 Å². The van der Waals surface area contributed by atoms with Gasteiger partial charge in [0.25, 0.3) is 0 Å². The van der Waals surface area contributed by atoms with E-state index >= 15 is 0 Å². The fourth-order valence-corrected chi connectivity index (χ4v) is 3.34. The predicted octanol–water partition coefficient (Wildman–Crippen LogP) is 4.85. The van der Waals surface area contributed by atoms with Crippen molar-refractivity contribution in [3.05, 3.63) is 65.2 Å². The average Bonchev–Trinajstić information content (AvgIpc) is 2.72. The maximum atomic E-state index is 12.4. The summed E-state index contributed by atoms with van der Waals surface area (Å²) in [6, 6.07) is 13.9. The summed E-state index contributed by atoms with van der Waals surface area (Å²) >= 11 is 0. The van der Waals surface area contributed by atoms with E-state index in [9.17, 15) is 4.79 Å². The molecule has 2 aromatic rings. The molecule has 0 aliphatic carbocycles. The lowest BCUT2D eigenvalue weighted by molar-refractivity contribution is -0.127. The number of carbonyl (C=O) groups is 1. The number of hydrogen-bond acceptors (Lipinski definition) is 3. The summed E-state index contributed by atoms with van der Waals surface area (Å²) in [6.45, 7) is 6.50. The molecule has 1 aliphatic rings. The van der Waals surface area contributed by atoms with E-state index in [1.807, 2.05) is 41.3 Å². The molecule has 0 spiro atoms. The third-order valence-corrected chi connectivity index (χ3v) is 5.35. The number of piperidine rings is 1. The van der Waals surface area contributed by atoms with Gasteiger partial charge in [-0.3, -0.25) is 4.79 Å². The van der Waals surface area contributed by atoms with E-state index in [1.165, 1.54) is 5.56 Å². The molecule has 0 N–H and O–H groups in total. The van der Waals surface area contributed by atoms with Gasteiger partial charge in [0.2, 0.25) is 5.91 Å². The number of rotatable bonds is 6. The van der Waals surface area contributed by atoms with Crippen molar-refractivity contribution >= 4 is 12.0 Å². The van der Waals surface area contributed by atoms with Crippen LogP contribution in [-0.4, -0.2) is 31.0 Å². The molecule has 0 atom stereocenters. The van der Waals surface area contributed by atoms with Crippen LogP contribution in [0.1, 0.15) is 36.5 Å². The molecule has 1 saturated heterocycles. The highest BCUT2D eigenvalue weighted by Gasteiger charge is 2.18. The topological polar surface area (TPSA) is 38.8 Å². The summed E-state index contributed by atoms with van der Waals surface area (Å²) < 4.78 is 11.4. The smallest absolute Gasteiger partial charge is 0.246 e. The Morgan fingerprint density at radius 1 is 1.14 bits per heavy atom. The molecule has 1 aliphatic heterocycles. The third kappa shape index (κ3) is 5.16. The van der Waals surface area contributed by atoms with Crippen LogP contribution in [0.5, 0.6) is 11.5 Å². The molecule has 0 radical (unpaired) electrons. The minimum atomic E-state index is 0.0748. The Hall–Kier alpha value is -2.75. The van der Waals surface area contributed by atoms with Crippen molar-refractivity contribution in [3.63, 3.8) is 0 Å². The SMILES string of the molecule is COc1cc(/C=C/C(=O)N2CCC(C)CC2)ccc1OCc1ccccc1C. The Morgan fingerprint density at radius 3 is 2.61 bits per heavy atom. The van der Waals surface area contributed by atoms with Crippen LogP contribution >= 0.6 is 0 Å². The highest BCUT2D eigenvalue weighted by molar-refractivity contribution is 5.91. The number of ether oxygens (including phenoxy) is 2. The molecule has 3 rings (SSSR count). The van der Waals surface area contributed by atoms with Gasteiger partial charge in [-0.1, -0.05) is 37.3 Å². The van der Waals surface area contributed by atoms with Gasteiger partial charge in [0.05, 0.1) is 7.11 Å². The van der Waals surface area contributed by atoms with Crippen molar-refractivity contribution in [2.45, 2.75) is 33.3 Å². The van der Waals surface area contributed by atoms with Gasteiger partial charge in [-0.2, -0.15) is 0 Å². The van der Waals surface area contributed by atoms with Crippen molar-refractivity contribution in [2.24, 2.45) is 5.92 Å². The lowest BCUT2D eigenvalue weighted by Gasteiger charge is -2.29. The van der Waals surface area contributed by atoms with Crippen LogP contribution in [0.4, 0.5) is 0 Å². The maximum absolute atomic E-state index is 12.4. The van der Waals surface area contributed by atoms with Crippen LogP contribution < -0.4 is 9.47 Å². The molecule has 0 aromatic heterocycles. The number of carbonyl (C=O) groups excluding carboxylic acids is 1. The number of benzene rings is 2. The van der Waals surface area contributed by atoms with Crippen molar-refractivity contribution in [2.75, 3.05) is 20.2 Å². The summed E-state index contributed by atoms with van der Waals surface area (Å²) in [5.74, 6) is 2.14. The fraction of sp³-hybridized carbons (Fsp3) is 0.375. The van der Waals surface area contributed by atoms with E-state index in [4.69, 9.17) is 9.47 Å². The fourth-order valence-electron chi connectivity index (χ4n) is 3.34. The summed E-state index contributed by atoms with van der Waals surface area (Å²) in [7, 11) is 1.63. The molecular weight excluding hydrogens is 350 g/mol. The summed E-state index contributed by atoms with van der Waals surface area (Å²) in [5.41, 5.74) is 3.26. The Kier molecular flexibility index (Phi) is 6.75. The van der Waals surface area contributed by atoms with E-state index in [0.29, 0.717) is 24.0 Å². The molecule has 1 amide bonds. The maximum Gasteiger partial charge on any atom is 0.246 e. The van der Waals surface area contributed by atoms with Crippen molar-refractivity contribution in [1.29, 1.82) is 0 Å². The van der Waals surface area contributed by atoms with Crippen molar-refractivity contribution in [1.82, 2.24) is 4.90 Å².